The van der Waals surface area contributed by atoms with Crippen LogP contribution < -0.4 is 0 Å². The number of thioether (sulfide) groups is 2. The van der Waals surface area contributed by atoms with E-state index in [0.29, 0.717) is 9.80 Å². The SMILES string of the molecule is O=C(O)C(C(=O)/C=C/c1cccc(F)c1)=C1SCCCS1. The fourth-order valence-corrected chi connectivity index (χ4v) is 4.36. The molecule has 0 unspecified atom stereocenters. The van der Waals surface area contributed by atoms with E-state index in [0.717, 1.165) is 17.9 Å². The van der Waals surface area contributed by atoms with Crippen molar-refractivity contribution in [3.63, 3.8) is 0 Å². The summed E-state index contributed by atoms with van der Waals surface area (Å²) in [5, 5.41) is 9.24. The first-order valence-electron chi connectivity index (χ1n) is 6.29. The molecule has 1 aliphatic heterocycles. The number of carbonyl (C=O) groups is 2. The number of rotatable bonds is 4. The fourth-order valence-electron chi connectivity index (χ4n) is 1.73. The molecule has 3 nitrogen and oxygen atoms in total. The molecule has 1 aromatic rings. The number of halogens is 1. The molecule has 0 aliphatic carbocycles. The number of ketones is 1. The second-order valence-corrected chi connectivity index (χ2v) is 6.74. The first-order chi connectivity index (χ1) is 10.1. The molecule has 0 saturated carbocycles. The van der Waals surface area contributed by atoms with Gasteiger partial charge < -0.3 is 5.11 Å². The quantitative estimate of drug-likeness (QED) is 0.521. The van der Waals surface area contributed by atoms with Gasteiger partial charge in [-0.25, -0.2) is 9.18 Å². The van der Waals surface area contributed by atoms with Gasteiger partial charge in [-0.1, -0.05) is 18.2 Å². The lowest BCUT2D eigenvalue weighted by Gasteiger charge is -2.14. The number of carboxylic acids is 1. The van der Waals surface area contributed by atoms with Gasteiger partial charge in [0, 0.05) is 0 Å². The molecule has 1 N–H and O–H groups in total. The van der Waals surface area contributed by atoms with E-state index in [9.17, 15) is 19.1 Å². The van der Waals surface area contributed by atoms with E-state index < -0.39 is 17.6 Å². The lowest BCUT2D eigenvalue weighted by atomic mass is 10.1. The van der Waals surface area contributed by atoms with Gasteiger partial charge in [-0.15, -0.1) is 23.5 Å². The molecule has 1 fully saturated rings. The maximum Gasteiger partial charge on any atom is 0.341 e. The summed E-state index contributed by atoms with van der Waals surface area (Å²) in [4.78, 5) is 23.4. The van der Waals surface area contributed by atoms with Gasteiger partial charge in [-0.2, -0.15) is 0 Å². The number of benzene rings is 1. The highest BCUT2D eigenvalue weighted by atomic mass is 32.2. The Hall–Kier alpha value is -1.53. The van der Waals surface area contributed by atoms with Gasteiger partial charge >= 0.3 is 5.97 Å². The summed E-state index contributed by atoms with van der Waals surface area (Å²) in [5.41, 5.74) is 0.319. The molecule has 0 aromatic heterocycles. The van der Waals surface area contributed by atoms with E-state index in [-0.39, 0.29) is 5.57 Å². The Morgan fingerprint density at radius 2 is 1.95 bits per heavy atom. The van der Waals surface area contributed by atoms with E-state index in [1.807, 2.05) is 0 Å². The maximum absolute atomic E-state index is 13.0. The second kappa shape index (κ2) is 7.47. The van der Waals surface area contributed by atoms with Crippen LogP contribution in [0.2, 0.25) is 0 Å². The highest BCUT2D eigenvalue weighted by molar-refractivity contribution is 8.22. The molecule has 0 spiro atoms. The molecule has 2 rings (SSSR count). The highest BCUT2D eigenvalue weighted by Crippen LogP contribution is 2.37. The molecular formula is C15H13FO3S2. The number of allylic oxidation sites excluding steroid dienone is 1. The average Bonchev–Trinajstić information content (AvgIpc) is 2.46. The Morgan fingerprint density at radius 3 is 2.57 bits per heavy atom. The number of carboxylic acid groups (broad SMARTS) is 1. The van der Waals surface area contributed by atoms with E-state index in [1.165, 1.54) is 53.9 Å². The van der Waals surface area contributed by atoms with Crippen LogP contribution in [0.5, 0.6) is 0 Å². The summed E-state index contributed by atoms with van der Waals surface area (Å²) < 4.78 is 13.6. The minimum absolute atomic E-state index is 0.197. The standard InChI is InChI=1S/C15H13FO3S2/c16-11-4-1-3-10(9-11)5-6-12(17)13(14(18)19)15-20-7-2-8-21-15/h1,3-6,9H,2,7-8H2,(H,18,19)/b6-5+. The molecule has 110 valence electrons. The third-order valence-corrected chi connectivity index (χ3v) is 5.32. The van der Waals surface area contributed by atoms with Gasteiger partial charge in [0.05, 0.1) is 4.24 Å². The van der Waals surface area contributed by atoms with Crippen molar-refractivity contribution in [3.05, 3.63) is 51.5 Å². The van der Waals surface area contributed by atoms with Gasteiger partial charge in [-0.05, 0) is 41.7 Å². The Kier molecular flexibility index (Phi) is 5.64. The summed E-state index contributed by atoms with van der Waals surface area (Å²) in [6.07, 6.45) is 3.60. The van der Waals surface area contributed by atoms with Crippen LogP contribution >= 0.6 is 23.5 Å². The zero-order valence-electron chi connectivity index (χ0n) is 11.0. The van der Waals surface area contributed by atoms with Crippen molar-refractivity contribution in [1.29, 1.82) is 0 Å². The largest absolute Gasteiger partial charge is 0.477 e. The Bertz CT molecular complexity index is 615. The molecule has 1 saturated heterocycles. The summed E-state index contributed by atoms with van der Waals surface area (Å²) in [5.74, 6) is -0.552. The second-order valence-electron chi connectivity index (χ2n) is 4.27. The third-order valence-electron chi connectivity index (χ3n) is 2.70. The molecule has 1 aromatic carbocycles. The Balaban J connectivity index is 2.21. The van der Waals surface area contributed by atoms with Crippen molar-refractivity contribution in [1.82, 2.24) is 0 Å². The Labute approximate surface area is 130 Å². The van der Waals surface area contributed by atoms with Crippen molar-refractivity contribution in [2.24, 2.45) is 0 Å². The number of carbonyl (C=O) groups excluding carboxylic acids is 1. The van der Waals surface area contributed by atoms with Crippen molar-refractivity contribution in [3.8, 4) is 0 Å². The molecule has 1 aliphatic rings. The lowest BCUT2D eigenvalue weighted by molar-refractivity contribution is -0.134. The fraction of sp³-hybridized carbons (Fsp3) is 0.200. The molecule has 0 bridgehead atoms. The van der Waals surface area contributed by atoms with E-state index in [2.05, 4.69) is 0 Å². The van der Waals surface area contributed by atoms with Crippen LogP contribution in [0.25, 0.3) is 6.08 Å². The topological polar surface area (TPSA) is 54.4 Å². The average molecular weight is 324 g/mol. The molecule has 0 atom stereocenters. The van der Waals surface area contributed by atoms with E-state index >= 15 is 0 Å². The molecule has 0 amide bonds. The van der Waals surface area contributed by atoms with E-state index in [1.54, 1.807) is 6.07 Å². The first kappa shape index (κ1) is 15.9. The van der Waals surface area contributed by atoms with Crippen LogP contribution in [0.1, 0.15) is 12.0 Å². The number of hydrogen-bond acceptors (Lipinski definition) is 4. The summed E-state index contributed by atoms with van der Waals surface area (Å²) in [6.45, 7) is 0. The van der Waals surface area contributed by atoms with Crippen molar-refractivity contribution >= 4 is 41.4 Å². The first-order valence-corrected chi connectivity index (χ1v) is 8.26. The lowest BCUT2D eigenvalue weighted by Crippen LogP contribution is -2.13. The van der Waals surface area contributed by atoms with Crippen LogP contribution in [0.3, 0.4) is 0 Å². The highest BCUT2D eigenvalue weighted by Gasteiger charge is 2.23. The normalized spacial score (nSPS) is 15.2. The minimum Gasteiger partial charge on any atom is -0.477 e. The zero-order valence-corrected chi connectivity index (χ0v) is 12.7. The number of aliphatic carboxylic acids is 1. The molecule has 21 heavy (non-hydrogen) atoms. The van der Waals surface area contributed by atoms with Gasteiger partial charge in [-0.3, -0.25) is 4.79 Å². The monoisotopic (exact) mass is 324 g/mol. The van der Waals surface area contributed by atoms with Gasteiger partial charge in [0.2, 0.25) is 0 Å². The molecule has 6 heteroatoms. The predicted octanol–water partition coefficient (Wildman–Crippen LogP) is 3.57. The molecule has 0 radical (unpaired) electrons. The summed E-state index contributed by atoms with van der Waals surface area (Å²) in [6, 6.07) is 5.76. The molecular weight excluding hydrogens is 311 g/mol. The smallest absolute Gasteiger partial charge is 0.341 e. The Morgan fingerprint density at radius 1 is 1.24 bits per heavy atom. The maximum atomic E-state index is 13.0. The van der Waals surface area contributed by atoms with Crippen LogP contribution in [0.15, 0.2) is 40.2 Å². The van der Waals surface area contributed by atoms with Crippen LogP contribution in [-0.4, -0.2) is 28.4 Å². The van der Waals surface area contributed by atoms with Gasteiger partial charge in [0.1, 0.15) is 11.4 Å². The van der Waals surface area contributed by atoms with Gasteiger partial charge in [0.25, 0.3) is 0 Å². The zero-order chi connectivity index (χ0) is 15.2. The van der Waals surface area contributed by atoms with Gasteiger partial charge in [0.15, 0.2) is 5.78 Å². The van der Waals surface area contributed by atoms with Crippen molar-refractivity contribution < 1.29 is 19.1 Å². The van der Waals surface area contributed by atoms with Crippen LogP contribution in [0, 0.1) is 5.82 Å². The van der Waals surface area contributed by atoms with Crippen molar-refractivity contribution in [2.45, 2.75) is 6.42 Å². The van der Waals surface area contributed by atoms with E-state index in [4.69, 9.17) is 0 Å². The predicted molar refractivity (Wildman–Crippen MR) is 84.6 cm³/mol. The molecule has 1 heterocycles. The third kappa shape index (κ3) is 4.47. The summed E-state index contributed by atoms with van der Waals surface area (Å²) >= 11 is 2.80. The van der Waals surface area contributed by atoms with Crippen LogP contribution in [0.4, 0.5) is 4.39 Å². The number of hydrogen-bond donors (Lipinski definition) is 1. The minimum atomic E-state index is -1.22. The van der Waals surface area contributed by atoms with Crippen LogP contribution in [-0.2, 0) is 9.59 Å². The summed E-state index contributed by atoms with van der Waals surface area (Å²) in [7, 11) is 0. The van der Waals surface area contributed by atoms with Crippen molar-refractivity contribution in [2.75, 3.05) is 11.5 Å².